The molecule has 3 aromatic heterocycles. The van der Waals surface area contributed by atoms with Crippen molar-refractivity contribution in [3.63, 3.8) is 0 Å². The zero-order valence-corrected chi connectivity index (χ0v) is 47.8. The fourth-order valence-corrected chi connectivity index (χ4v) is 16.9. The van der Waals surface area contributed by atoms with E-state index < -0.39 is 16.2 Å². The first kappa shape index (κ1) is 47.9. The van der Waals surface area contributed by atoms with Crippen molar-refractivity contribution in [3.8, 4) is 44.5 Å². The second kappa shape index (κ2) is 16.2. The summed E-state index contributed by atoms with van der Waals surface area (Å²) in [6.07, 6.45) is 0.697. The molecule has 3 atom stereocenters. The van der Waals surface area contributed by atoms with Crippen LogP contribution >= 0.6 is 0 Å². The topological polar surface area (TPSA) is 85.0 Å². The van der Waals surface area contributed by atoms with Gasteiger partial charge in [-0.25, -0.2) is 14.4 Å². The predicted octanol–water partition coefficient (Wildman–Crippen LogP) is 16.6. The zero-order valence-electron chi connectivity index (χ0n) is 47.8. The average Bonchev–Trinajstić information content (AvgIpc) is 1.51. The van der Waals surface area contributed by atoms with Gasteiger partial charge in [-0.15, -0.1) is 0 Å². The molecule has 4 heterocycles. The molecule has 0 saturated carbocycles. The van der Waals surface area contributed by atoms with Gasteiger partial charge in [-0.1, -0.05) is 215 Å². The number of aromatic amines is 1. The van der Waals surface area contributed by atoms with Crippen molar-refractivity contribution in [2.45, 2.75) is 55.8 Å². The van der Waals surface area contributed by atoms with E-state index in [1.54, 1.807) is 4.40 Å². The number of nitrogens with zero attached hydrogens (tertiary/aromatic N) is 4. The molecular formula is C79H53N5O2. The summed E-state index contributed by atoms with van der Waals surface area (Å²) in [7, 11) is 0. The summed E-state index contributed by atoms with van der Waals surface area (Å²) in [6, 6.07) is 83.4. The van der Waals surface area contributed by atoms with Crippen LogP contribution in [-0.4, -0.2) is 29.8 Å². The minimum Gasteiger partial charge on any atom is -0.324 e. The van der Waals surface area contributed by atoms with Crippen LogP contribution in [0.5, 0.6) is 0 Å². The molecule has 2 spiro atoms. The molecule has 7 nitrogen and oxygen atoms in total. The number of aromatic nitrogens is 5. The lowest BCUT2D eigenvalue weighted by Crippen LogP contribution is -2.38. The standard InChI is InChI=1S/C79H53N5O2/c1-76(2,3)47-36-37-51-48-19-5-13-27-59(48)79(63(51)41-47)60-28-14-6-20-49(60)52-38-39-66-71(70(52)79)84-72(85)54-23-9-11-25-57(54)77(4,74(84)80-66)46-34-32-44(33-35-46)40-45-18-17-30-62-69(45)53-22-8-15-29-61(53)78(62)58-26-12-7-21-50(58)56-42-68-67(43-64(56)78)82-75-81-65-31-16-10-24-55(65)73(86)83(68)75/h5-39,41-43H,40H2,1-4H3,(H,81,82). The van der Waals surface area contributed by atoms with Crippen LogP contribution in [-0.2, 0) is 28.1 Å². The van der Waals surface area contributed by atoms with Crippen LogP contribution in [0.4, 0.5) is 0 Å². The van der Waals surface area contributed by atoms with Gasteiger partial charge in [0.25, 0.3) is 11.5 Å². The first-order chi connectivity index (χ1) is 42.0. The number of para-hydroxylation sites is 1. The van der Waals surface area contributed by atoms with E-state index in [2.05, 4.69) is 227 Å². The maximum Gasteiger partial charge on any atom is 0.267 e. The molecule has 1 aliphatic heterocycles. The van der Waals surface area contributed by atoms with Gasteiger partial charge >= 0.3 is 0 Å². The molecule has 7 heteroatoms. The quantitative estimate of drug-likeness (QED) is 0.191. The first-order valence-electron chi connectivity index (χ1n) is 29.9. The Labute approximate surface area is 495 Å². The molecule has 406 valence electrons. The Balaban J connectivity index is 0.768. The van der Waals surface area contributed by atoms with Crippen LogP contribution < -0.4 is 5.56 Å². The van der Waals surface area contributed by atoms with Gasteiger partial charge in [0, 0.05) is 11.1 Å². The molecule has 0 saturated heterocycles. The number of H-pyrrole nitrogens is 1. The van der Waals surface area contributed by atoms with E-state index in [4.69, 9.17) is 9.97 Å². The maximum absolute atomic E-state index is 15.8. The van der Waals surface area contributed by atoms with Crippen LogP contribution in [0.15, 0.2) is 235 Å². The monoisotopic (exact) mass is 1100 g/mol. The lowest BCUT2D eigenvalue weighted by molar-refractivity contribution is 0.0949. The Morgan fingerprint density at radius 1 is 0.477 bits per heavy atom. The van der Waals surface area contributed by atoms with E-state index in [9.17, 15) is 4.79 Å². The van der Waals surface area contributed by atoms with E-state index in [0.29, 0.717) is 23.1 Å². The molecule has 5 aliphatic rings. The number of rotatable bonds is 3. The molecule has 19 rings (SSSR count). The van der Waals surface area contributed by atoms with Crippen molar-refractivity contribution in [1.82, 2.24) is 23.9 Å². The van der Waals surface area contributed by atoms with Gasteiger partial charge in [0.1, 0.15) is 5.82 Å². The largest absolute Gasteiger partial charge is 0.324 e. The second-order valence-electron chi connectivity index (χ2n) is 25.6. The Hall–Kier alpha value is -10.5. The Bertz CT molecular complexity index is 5500. The maximum atomic E-state index is 15.8. The van der Waals surface area contributed by atoms with Crippen molar-refractivity contribution < 1.29 is 4.79 Å². The van der Waals surface area contributed by atoms with E-state index in [1.807, 2.05) is 41.0 Å². The van der Waals surface area contributed by atoms with Gasteiger partial charge in [0.2, 0.25) is 5.78 Å². The second-order valence-corrected chi connectivity index (χ2v) is 25.6. The Morgan fingerprint density at radius 3 is 1.79 bits per heavy atom. The van der Waals surface area contributed by atoms with Crippen molar-refractivity contribution >= 4 is 44.7 Å². The summed E-state index contributed by atoms with van der Waals surface area (Å²) in [6.45, 7) is 9.14. The molecule has 11 aromatic carbocycles. The molecule has 0 amide bonds. The number of carbonyl (C=O) groups is 1. The molecule has 3 unspecified atom stereocenters. The number of nitrogens with one attached hydrogen (secondary N) is 1. The summed E-state index contributed by atoms with van der Waals surface area (Å²) < 4.78 is 3.75. The van der Waals surface area contributed by atoms with Crippen molar-refractivity contribution in [2.24, 2.45) is 0 Å². The number of hydrogen-bond acceptors (Lipinski definition) is 4. The Morgan fingerprint density at radius 2 is 1.06 bits per heavy atom. The third-order valence-corrected chi connectivity index (χ3v) is 20.6. The van der Waals surface area contributed by atoms with Crippen LogP contribution in [0.1, 0.15) is 116 Å². The lowest BCUT2D eigenvalue weighted by atomic mass is 9.69. The van der Waals surface area contributed by atoms with Gasteiger partial charge in [0.15, 0.2) is 0 Å². The average molecular weight is 1100 g/mol. The van der Waals surface area contributed by atoms with Gasteiger partial charge in [0.05, 0.1) is 49.2 Å². The highest BCUT2D eigenvalue weighted by Gasteiger charge is 2.56. The van der Waals surface area contributed by atoms with Crippen molar-refractivity contribution in [1.29, 1.82) is 0 Å². The van der Waals surface area contributed by atoms with Gasteiger partial charge in [-0.2, -0.15) is 0 Å². The minimum atomic E-state index is -0.811. The van der Waals surface area contributed by atoms with E-state index in [-0.39, 0.29) is 16.9 Å². The summed E-state index contributed by atoms with van der Waals surface area (Å²) in [5.41, 5.74) is 27.3. The number of imidazole rings is 2. The molecule has 14 aromatic rings. The molecule has 0 bridgehead atoms. The number of fused-ring (bicyclic) bond motifs is 29. The molecular weight excluding hydrogens is 1050 g/mol. The summed E-state index contributed by atoms with van der Waals surface area (Å²) >= 11 is 0. The van der Waals surface area contributed by atoms with E-state index >= 15 is 4.79 Å². The van der Waals surface area contributed by atoms with Gasteiger partial charge in [-0.05, 0) is 166 Å². The summed E-state index contributed by atoms with van der Waals surface area (Å²) in [5, 5.41) is 0.628. The number of carbonyl (C=O) groups excluding carboxylic acids is 1. The lowest BCUT2D eigenvalue weighted by Gasteiger charge is -2.37. The van der Waals surface area contributed by atoms with Crippen LogP contribution in [0, 0.1) is 0 Å². The highest BCUT2D eigenvalue weighted by Crippen LogP contribution is 2.66. The molecule has 86 heavy (non-hydrogen) atoms. The van der Waals surface area contributed by atoms with Crippen molar-refractivity contribution in [2.75, 3.05) is 0 Å². The minimum absolute atomic E-state index is 0.0586. The normalized spacial score (nSPS) is 18.7. The summed E-state index contributed by atoms with van der Waals surface area (Å²) in [4.78, 5) is 44.3. The highest BCUT2D eigenvalue weighted by molar-refractivity contribution is 6.10. The van der Waals surface area contributed by atoms with Crippen LogP contribution in [0.2, 0.25) is 0 Å². The zero-order chi connectivity index (χ0) is 57.3. The van der Waals surface area contributed by atoms with Gasteiger partial charge in [-0.3, -0.25) is 14.2 Å². The van der Waals surface area contributed by atoms with Crippen LogP contribution in [0.25, 0.3) is 83.3 Å². The van der Waals surface area contributed by atoms with E-state index in [0.717, 1.165) is 66.8 Å². The molecule has 4 aliphatic carbocycles. The van der Waals surface area contributed by atoms with E-state index in [1.165, 1.54) is 83.5 Å². The number of hydrogen-bond donors (Lipinski definition) is 1. The summed E-state index contributed by atoms with van der Waals surface area (Å²) in [5.74, 6) is 1.19. The third kappa shape index (κ3) is 5.65. The fourth-order valence-electron chi connectivity index (χ4n) is 16.9. The smallest absolute Gasteiger partial charge is 0.267 e. The number of benzene rings is 11. The molecule has 1 N–H and O–H groups in total. The third-order valence-electron chi connectivity index (χ3n) is 20.6. The SMILES string of the molecule is CC(C)(C)c1ccc2c(c1)C1(c3ccccc3-2)c2ccccc2-c2ccc3nc4n(c3c21)C(=O)c1ccccc1C4(C)c1ccc(Cc2cccc3c2-c2ccccc2C32c3ccccc3-c3cc4c(cc32)nc2[nH]c3ccccc3c(=O)n24)cc1. The Kier molecular flexibility index (Phi) is 9.04. The van der Waals surface area contributed by atoms with Crippen LogP contribution in [0.3, 0.4) is 0 Å². The fraction of sp³-hybridized carbons (Fsp3) is 0.114. The first-order valence-corrected chi connectivity index (χ1v) is 29.9. The predicted molar refractivity (Wildman–Crippen MR) is 343 cm³/mol. The molecule has 0 fully saturated rings. The highest BCUT2D eigenvalue weighted by atomic mass is 16.2. The molecule has 0 radical (unpaired) electrons. The van der Waals surface area contributed by atoms with Gasteiger partial charge < -0.3 is 4.98 Å². The van der Waals surface area contributed by atoms with Crippen molar-refractivity contribution in [3.05, 3.63) is 325 Å².